The third kappa shape index (κ3) is 2.44. The summed E-state index contributed by atoms with van der Waals surface area (Å²) in [6.45, 7) is 2.71. The molecule has 0 aliphatic rings. The van der Waals surface area contributed by atoms with Gasteiger partial charge in [0.2, 0.25) is 0 Å². The number of amides is 1. The first-order valence-electron chi connectivity index (χ1n) is 6.54. The first-order chi connectivity index (χ1) is 9.78. The van der Waals surface area contributed by atoms with E-state index in [1.54, 1.807) is 17.5 Å². The minimum absolute atomic E-state index is 0.0584. The van der Waals surface area contributed by atoms with Gasteiger partial charge in [-0.05, 0) is 35.6 Å². The standard InChI is InChI=1S/C15H15N3OS/c1-2-10-5-6-20-14(10)9-16-15(19)11-3-4-12-8-17-18-13(12)7-11/h3-8H,2,9H2,1H3,(H,16,19)(H,17,18). The van der Waals surface area contributed by atoms with E-state index in [1.165, 1.54) is 10.4 Å². The molecule has 0 bridgehead atoms. The van der Waals surface area contributed by atoms with E-state index in [0.717, 1.165) is 17.3 Å². The van der Waals surface area contributed by atoms with Crippen molar-refractivity contribution in [2.45, 2.75) is 19.9 Å². The third-order valence-electron chi connectivity index (χ3n) is 3.33. The van der Waals surface area contributed by atoms with Gasteiger partial charge in [0.1, 0.15) is 0 Å². The molecular weight excluding hydrogens is 270 g/mol. The van der Waals surface area contributed by atoms with Gasteiger partial charge < -0.3 is 5.32 Å². The molecule has 102 valence electrons. The normalized spacial score (nSPS) is 10.8. The van der Waals surface area contributed by atoms with Gasteiger partial charge in [0.05, 0.1) is 18.3 Å². The maximum Gasteiger partial charge on any atom is 0.251 e. The van der Waals surface area contributed by atoms with Gasteiger partial charge in [-0.3, -0.25) is 9.89 Å². The van der Waals surface area contributed by atoms with E-state index in [1.807, 2.05) is 18.2 Å². The molecule has 0 spiro atoms. The Hall–Kier alpha value is -2.14. The number of fused-ring (bicyclic) bond motifs is 1. The lowest BCUT2D eigenvalue weighted by atomic mass is 10.1. The summed E-state index contributed by atoms with van der Waals surface area (Å²) in [7, 11) is 0. The van der Waals surface area contributed by atoms with E-state index in [4.69, 9.17) is 0 Å². The molecular formula is C15H15N3OS. The number of H-pyrrole nitrogens is 1. The highest BCUT2D eigenvalue weighted by atomic mass is 32.1. The lowest BCUT2D eigenvalue weighted by Crippen LogP contribution is -2.22. The number of nitrogens with zero attached hydrogens (tertiary/aromatic N) is 1. The van der Waals surface area contributed by atoms with E-state index in [2.05, 4.69) is 33.9 Å². The maximum absolute atomic E-state index is 12.2. The van der Waals surface area contributed by atoms with Crippen LogP contribution in [-0.4, -0.2) is 16.1 Å². The van der Waals surface area contributed by atoms with Crippen molar-refractivity contribution in [3.63, 3.8) is 0 Å². The van der Waals surface area contributed by atoms with Crippen LogP contribution in [0.1, 0.15) is 27.7 Å². The number of benzene rings is 1. The Morgan fingerprint density at radius 1 is 1.40 bits per heavy atom. The molecule has 4 nitrogen and oxygen atoms in total. The Morgan fingerprint density at radius 2 is 2.30 bits per heavy atom. The van der Waals surface area contributed by atoms with Gasteiger partial charge in [0.25, 0.3) is 5.91 Å². The summed E-state index contributed by atoms with van der Waals surface area (Å²) in [5.41, 5.74) is 2.83. The molecule has 0 aliphatic heterocycles. The number of aryl methyl sites for hydroxylation is 1. The maximum atomic E-state index is 12.2. The molecule has 0 unspecified atom stereocenters. The highest BCUT2D eigenvalue weighted by Crippen LogP contribution is 2.17. The highest BCUT2D eigenvalue weighted by Gasteiger charge is 2.09. The number of thiophene rings is 1. The van der Waals surface area contributed by atoms with Crippen LogP contribution < -0.4 is 5.32 Å². The summed E-state index contributed by atoms with van der Waals surface area (Å²) in [5.74, 6) is -0.0584. The summed E-state index contributed by atoms with van der Waals surface area (Å²) in [6.07, 6.45) is 2.74. The second-order valence-corrected chi connectivity index (χ2v) is 5.58. The molecule has 20 heavy (non-hydrogen) atoms. The second-order valence-electron chi connectivity index (χ2n) is 4.58. The van der Waals surface area contributed by atoms with Crippen LogP contribution in [0.3, 0.4) is 0 Å². The summed E-state index contributed by atoms with van der Waals surface area (Å²) in [5, 5.41) is 12.9. The number of aromatic amines is 1. The fourth-order valence-electron chi connectivity index (χ4n) is 2.18. The number of hydrogen-bond donors (Lipinski definition) is 2. The van der Waals surface area contributed by atoms with Crippen LogP contribution in [0.25, 0.3) is 10.9 Å². The fraction of sp³-hybridized carbons (Fsp3) is 0.200. The number of rotatable bonds is 4. The van der Waals surface area contributed by atoms with Gasteiger partial charge in [-0.1, -0.05) is 13.0 Å². The molecule has 5 heteroatoms. The summed E-state index contributed by atoms with van der Waals surface area (Å²) >= 11 is 1.68. The van der Waals surface area contributed by atoms with E-state index in [0.29, 0.717) is 12.1 Å². The highest BCUT2D eigenvalue weighted by molar-refractivity contribution is 7.10. The van der Waals surface area contributed by atoms with Gasteiger partial charge in [-0.25, -0.2) is 0 Å². The monoisotopic (exact) mass is 285 g/mol. The van der Waals surface area contributed by atoms with Crippen molar-refractivity contribution in [3.05, 3.63) is 51.8 Å². The van der Waals surface area contributed by atoms with Crippen molar-refractivity contribution in [2.75, 3.05) is 0 Å². The Kier molecular flexibility index (Phi) is 3.52. The molecule has 2 aromatic heterocycles. The fourth-order valence-corrected chi connectivity index (χ4v) is 3.09. The average molecular weight is 285 g/mol. The summed E-state index contributed by atoms with van der Waals surface area (Å²) < 4.78 is 0. The van der Waals surface area contributed by atoms with Gasteiger partial charge in [0, 0.05) is 15.8 Å². The first-order valence-corrected chi connectivity index (χ1v) is 7.42. The number of hydrogen-bond acceptors (Lipinski definition) is 3. The van der Waals surface area contributed by atoms with E-state index < -0.39 is 0 Å². The molecule has 2 N–H and O–H groups in total. The first kappa shape index (κ1) is 12.9. The van der Waals surface area contributed by atoms with Gasteiger partial charge in [-0.15, -0.1) is 11.3 Å². The molecule has 0 aliphatic carbocycles. The van der Waals surface area contributed by atoms with Crippen LogP contribution in [0.2, 0.25) is 0 Å². The van der Waals surface area contributed by atoms with Crippen molar-refractivity contribution in [3.8, 4) is 0 Å². The zero-order chi connectivity index (χ0) is 13.9. The minimum atomic E-state index is -0.0584. The summed E-state index contributed by atoms with van der Waals surface area (Å²) in [6, 6.07) is 7.66. The number of nitrogens with one attached hydrogen (secondary N) is 2. The Bertz CT molecular complexity index is 744. The molecule has 1 amide bonds. The zero-order valence-electron chi connectivity index (χ0n) is 11.1. The predicted molar refractivity (Wildman–Crippen MR) is 81.0 cm³/mol. The third-order valence-corrected chi connectivity index (χ3v) is 4.30. The van der Waals surface area contributed by atoms with Crippen LogP contribution >= 0.6 is 11.3 Å². The Morgan fingerprint density at radius 3 is 3.15 bits per heavy atom. The van der Waals surface area contributed by atoms with Gasteiger partial charge in [-0.2, -0.15) is 5.10 Å². The van der Waals surface area contributed by atoms with Crippen LogP contribution in [0.5, 0.6) is 0 Å². The topological polar surface area (TPSA) is 57.8 Å². The quantitative estimate of drug-likeness (QED) is 0.774. The lowest BCUT2D eigenvalue weighted by molar-refractivity contribution is 0.0951. The second kappa shape index (κ2) is 5.46. The van der Waals surface area contributed by atoms with E-state index in [9.17, 15) is 4.79 Å². The van der Waals surface area contributed by atoms with Crippen molar-refractivity contribution in [1.29, 1.82) is 0 Å². The molecule has 0 atom stereocenters. The number of carbonyl (C=O) groups excluding carboxylic acids is 1. The SMILES string of the molecule is CCc1ccsc1CNC(=O)c1ccc2cn[nH]c2c1. The van der Waals surface area contributed by atoms with Crippen LogP contribution in [0.4, 0.5) is 0 Å². The molecule has 3 aromatic rings. The summed E-state index contributed by atoms with van der Waals surface area (Å²) in [4.78, 5) is 13.4. The van der Waals surface area contributed by atoms with E-state index in [-0.39, 0.29) is 5.91 Å². The zero-order valence-corrected chi connectivity index (χ0v) is 12.0. The van der Waals surface area contributed by atoms with Gasteiger partial charge >= 0.3 is 0 Å². The Balaban J connectivity index is 1.72. The number of aromatic nitrogens is 2. The lowest BCUT2D eigenvalue weighted by Gasteiger charge is -2.05. The average Bonchev–Trinajstić information content (AvgIpc) is 3.12. The van der Waals surface area contributed by atoms with Gasteiger partial charge in [0.15, 0.2) is 0 Å². The molecule has 0 saturated heterocycles. The molecule has 0 saturated carbocycles. The molecule has 1 aromatic carbocycles. The van der Waals surface area contributed by atoms with Crippen molar-refractivity contribution >= 4 is 28.1 Å². The largest absolute Gasteiger partial charge is 0.347 e. The van der Waals surface area contributed by atoms with Crippen molar-refractivity contribution < 1.29 is 4.79 Å². The Labute approximate surface area is 120 Å². The van der Waals surface area contributed by atoms with Crippen molar-refractivity contribution in [1.82, 2.24) is 15.5 Å². The van der Waals surface area contributed by atoms with E-state index >= 15 is 0 Å². The predicted octanol–water partition coefficient (Wildman–Crippen LogP) is 3.12. The molecule has 0 fully saturated rings. The molecule has 0 radical (unpaired) electrons. The minimum Gasteiger partial charge on any atom is -0.347 e. The molecule has 3 rings (SSSR count). The van der Waals surface area contributed by atoms with Crippen LogP contribution in [-0.2, 0) is 13.0 Å². The van der Waals surface area contributed by atoms with Crippen molar-refractivity contribution in [2.24, 2.45) is 0 Å². The van der Waals surface area contributed by atoms with Crippen LogP contribution in [0, 0.1) is 0 Å². The van der Waals surface area contributed by atoms with Crippen LogP contribution in [0.15, 0.2) is 35.8 Å². The smallest absolute Gasteiger partial charge is 0.251 e. The molecule has 2 heterocycles. The number of carbonyl (C=O) groups is 1.